The van der Waals surface area contributed by atoms with Gasteiger partial charge >= 0.3 is 0 Å². The molecule has 0 aromatic carbocycles. The number of aliphatic imine (C=N–C) groups is 1. The van der Waals surface area contributed by atoms with Gasteiger partial charge in [0, 0.05) is 6.92 Å². The Hall–Kier alpha value is -0.690. The molecule has 1 aliphatic rings. The smallest absolute Gasteiger partial charge is 0.273 e. The maximum Gasteiger partial charge on any atom is 0.296 e. The molecule has 0 spiro atoms. The second-order valence-electron chi connectivity index (χ2n) is 2.76. The highest BCUT2D eigenvalue weighted by Gasteiger charge is 2.37. The van der Waals surface area contributed by atoms with Crippen molar-refractivity contribution in [3.05, 3.63) is 0 Å². The van der Waals surface area contributed by atoms with E-state index in [4.69, 9.17) is 0 Å². The minimum absolute atomic E-state index is 0.545. The van der Waals surface area contributed by atoms with Gasteiger partial charge in [0.1, 0.15) is 0 Å². The lowest BCUT2D eigenvalue weighted by Crippen LogP contribution is -2.48. The second kappa shape index (κ2) is 3.22. The number of halogens is 2. The number of amidine groups is 1. The van der Waals surface area contributed by atoms with Crippen LogP contribution in [0, 0.1) is 0 Å². The molecule has 1 N–H and O–H groups in total. The van der Waals surface area contributed by atoms with Gasteiger partial charge < -0.3 is 0 Å². The van der Waals surface area contributed by atoms with Gasteiger partial charge in [-0.25, -0.2) is 18.8 Å². The molecule has 1 heterocycles. The monoisotopic (exact) mass is 209 g/mol. The van der Waals surface area contributed by atoms with Crippen molar-refractivity contribution in [2.45, 2.75) is 25.3 Å². The summed E-state index contributed by atoms with van der Waals surface area (Å²) in [7, 11) is 0. The van der Waals surface area contributed by atoms with Gasteiger partial charge in [0.05, 0.1) is 0 Å². The van der Waals surface area contributed by atoms with Gasteiger partial charge in [-0.15, -0.1) is 12.6 Å². The molecule has 1 aliphatic heterocycles. The van der Waals surface area contributed by atoms with Crippen LogP contribution in [0.4, 0.5) is 8.78 Å². The number of hydrogen-bond acceptors (Lipinski definition) is 4. The number of nitrogens with one attached hydrogen (secondary N) is 1. The minimum Gasteiger partial charge on any atom is -0.273 e. The highest BCUT2D eigenvalue weighted by molar-refractivity contribution is 7.81. The fraction of sp³-hybridized carbons (Fsp3) is 0.667. The standard InChI is InChI=1S/C6H9F2N3OS/c1-3(12)11-5(4(7)8)9-6(2,13)10-11/h4,10,13H,1-2H3. The summed E-state index contributed by atoms with van der Waals surface area (Å²) >= 11 is 3.93. The first-order valence-corrected chi connectivity index (χ1v) is 3.97. The van der Waals surface area contributed by atoms with E-state index in [1.54, 1.807) is 0 Å². The van der Waals surface area contributed by atoms with Gasteiger partial charge in [0.15, 0.2) is 10.8 Å². The summed E-state index contributed by atoms with van der Waals surface area (Å²) in [5.74, 6) is -1.14. The van der Waals surface area contributed by atoms with Crippen LogP contribution >= 0.6 is 12.6 Å². The van der Waals surface area contributed by atoms with Crippen molar-refractivity contribution in [1.29, 1.82) is 0 Å². The molecule has 4 nitrogen and oxygen atoms in total. The molecule has 0 aromatic rings. The predicted molar refractivity (Wildman–Crippen MR) is 46.5 cm³/mol. The minimum atomic E-state index is -2.79. The van der Waals surface area contributed by atoms with E-state index in [0.717, 1.165) is 0 Å². The van der Waals surface area contributed by atoms with Crippen molar-refractivity contribution in [1.82, 2.24) is 10.4 Å². The number of hydrazine groups is 1. The molecule has 0 aliphatic carbocycles. The van der Waals surface area contributed by atoms with Crippen molar-refractivity contribution in [2.75, 3.05) is 0 Å². The average molecular weight is 209 g/mol. The summed E-state index contributed by atoms with van der Waals surface area (Å²) in [6.45, 7) is 2.64. The van der Waals surface area contributed by atoms with Crippen LogP contribution in [0.2, 0.25) is 0 Å². The molecule has 0 radical (unpaired) electrons. The Labute approximate surface area is 79.4 Å². The van der Waals surface area contributed by atoms with Crippen LogP contribution < -0.4 is 5.43 Å². The predicted octanol–water partition coefficient (Wildman–Crippen LogP) is 0.620. The summed E-state index contributed by atoms with van der Waals surface area (Å²) in [5, 5.41) is 0.706. The maximum absolute atomic E-state index is 12.3. The zero-order valence-electron chi connectivity index (χ0n) is 7.08. The number of amides is 1. The number of carbonyl (C=O) groups excluding carboxylic acids is 1. The van der Waals surface area contributed by atoms with Gasteiger partial charge in [-0.2, -0.15) is 5.43 Å². The van der Waals surface area contributed by atoms with E-state index >= 15 is 0 Å². The lowest BCUT2D eigenvalue weighted by molar-refractivity contribution is -0.127. The summed E-state index contributed by atoms with van der Waals surface area (Å²) in [6.07, 6.45) is -2.79. The lowest BCUT2D eigenvalue weighted by Gasteiger charge is -2.19. The summed E-state index contributed by atoms with van der Waals surface area (Å²) in [6, 6.07) is 0. The van der Waals surface area contributed by atoms with E-state index in [0.29, 0.717) is 5.01 Å². The van der Waals surface area contributed by atoms with Crippen LogP contribution in [0.1, 0.15) is 13.8 Å². The number of hydrogen-bond donors (Lipinski definition) is 2. The van der Waals surface area contributed by atoms with E-state index in [9.17, 15) is 13.6 Å². The first kappa shape index (κ1) is 10.4. The van der Waals surface area contributed by atoms with Crippen LogP contribution in [0.5, 0.6) is 0 Å². The zero-order chi connectivity index (χ0) is 10.2. The molecule has 1 amide bonds. The quantitative estimate of drug-likeness (QED) is 0.622. The fourth-order valence-corrected chi connectivity index (χ4v) is 1.16. The van der Waals surface area contributed by atoms with Crippen LogP contribution in [-0.2, 0) is 4.79 Å². The van der Waals surface area contributed by atoms with Crippen LogP contribution in [0.15, 0.2) is 4.99 Å². The summed E-state index contributed by atoms with van der Waals surface area (Å²) in [4.78, 5) is 13.3. The molecule has 1 rings (SSSR count). The third-order valence-corrected chi connectivity index (χ3v) is 1.60. The Balaban J connectivity index is 2.93. The largest absolute Gasteiger partial charge is 0.296 e. The van der Waals surface area contributed by atoms with E-state index in [2.05, 4.69) is 23.0 Å². The zero-order valence-corrected chi connectivity index (χ0v) is 7.98. The Morgan fingerprint density at radius 2 is 2.31 bits per heavy atom. The van der Waals surface area contributed by atoms with E-state index < -0.39 is 23.2 Å². The Morgan fingerprint density at radius 1 is 1.77 bits per heavy atom. The number of thiol groups is 1. The summed E-state index contributed by atoms with van der Waals surface area (Å²) < 4.78 is 24.6. The van der Waals surface area contributed by atoms with Crippen molar-refractivity contribution in [3.8, 4) is 0 Å². The van der Waals surface area contributed by atoms with Crippen molar-refractivity contribution in [3.63, 3.8) is 0 Å². The molecule has 0 saturated heterocycles. The molecule has 1 atom stereocenters. The van der Waals surface area contributed by atoms with Crippen LogP contribution in [-0.4, -0.2) is 28.2 Å². The first-order chi connectivity index (χ1) is 5.83. The highest BCUT2D eigenvalue weighted by Crippen LogP contribution is 2.21. The molecule has 0 bridgehead atoms. The van der Waals surface area contributed by atoms with Gasteiger partial charge in [-0.1, -0.05) is 0 Å². The molecule has 0 fully saturated rings. The highest BCUT2D eigenvalue weighted by atomic mass is 32.1. The Morgan fingerprint density at radius 3 is 2.62 bits per heavy atom. The van der Waals surface area contributed by atoms with E-state index in [1.165, 1.54) is 13.8 Å². The number of nitrogens with zero attached hydrogens (tertiary/aromatic N) is 2. The van der Waals surface area contributed by atoms with Crippen molar-refractivity contribution >= 4 is 24.4 Å². The van der Waals surface area contributed by atoms with Gasteiger partial charge in [0.2, 0.25) is 5.91 Å². The number of carbonyl (C=O) groups is 1. The summed E-state index contributed by atoms with van der Waals surface area (Å²) in [5.41, 5.74) is 2.43. The third kappa shape index (κ3) is 2.16. The normalized spacial score (nSPS) is 28.2. The molecule has 0 saturated carbocycles. The van der Waals surface area contributed by atoms with Gasteiger partial charge in [-0.3, -0.25) is 4.79 Å². The molecular formula is C6H9F2N3OS. The molecular weight excluding hydrogens is 200 g/mol. The van der Waals surface area contributed by atoms with E-state index in [1.807, 2.05) is 0 Å². The van der Waals surface area contributed by atoms with E-state index in [-0.39, 0.29) is 0 Å². The SMILES string of the molecule is CC(=O)N1NC(C)(S)N=C1C(F)F. The molecule has 74 valence electrons. The van der Waals surface area contributed by atoms with Gasteiger partial charge in [0.25, 0.3) is 6.43 Å². The van der Waals surface area contributed by atoms with Crippen LogP contribution in [0.3, 0.4) is 0 Å². The Bertz CT molecular complexity index is 267. The maximum atomic E-state index is 12.3. The van der Waals surface area contributed by atoms with Crippen molar-refractivity contribution in [2.24, 2.45) is 4.99 Å². The number of alkyl halides is 2. The average Bonchev–Trinajstić information content (AvgIpc) is 2.26. The topological polar surface area (TPSA) is 44.7 Å². The molecule has 0 aromatic heterocycles. The van der Waals surface area contributed by atoms with Gasteiger partial charge in [-0.05, 0) is 6.92 Å². The molecule has 1 unspecified atom stereocenters. The molecule has 7 heteroatoms. The number of rotatable bonds is 1. The molecule has 13 heavy (non-hydrogen) atoms. The van der Waals surface area contributed by atoms with Crippen LogP contribution in [0.25, 0.3) is 0 Å². The lowest BCUT2D eigenvalue weighted by atomic mass is 10.5. The first-order valence-electron chi connectivity index (χ1n) is 3.52. The Kier molecular flexibility index (Phi) is 2.58. The third-order valence-electron chi connectivity index (χ3n) is 1.40. The fourth-order valence-electron chi connectivity index (χ4n) is 0.954. The van der Waals surface area contributed by atoms with Crippen molar-refractivity contribution < 1.29 is 13.6 Å². The second-order valence-corrected chi connectivity index (χ2v) is 3.63.